The third-order valence-corrected chi connectivity index (χ3v) is 3.27. The van der Waals surface area contributed by atoms with Crippen molar-refractivity contribution in [3.05, 3.63) is 47.5 Å². The van der Waals surface area contributed by atoms with E-state index in [1.807, 2.05) is 0 Å². The second-order valence-corrected chi connectivity index (χ2v) is 4.63. The van der Waals surface area contributed by atoms with E-state index in [0.717, 1.165) is 19.2 Å². The highest BCUT2D eigenvalue weighted by atomic mass is 19.4. The van der Waals surface area contributed by atoms with Gasteiger partial charge in [-0.1, -0.05) is 6.07 Å². The molecule has 0 aliphatic heterocycles. The number of aromatic carboxylic acids is 1. The number of ether oxygens (including phenoxy) is 2. The number of methoxy groups -OCH3 is 2. The van der Waals surface area contributed by atoms with Crippen molar-refractivity contribution in [2.45, 2.75) is 6.18 Å². The van der Waals surface area contributed by atoms with Crippen molar-refractivity contribution in [2.24, 2.45) is 0 Å². The van der Waals surface area contributed by atoms with Gasteiger partial charge in [-0.25, -0.2) is 4.79 Å². The lowest BCUT2D eigenvalue weighted by Crippen LogP contribution is -2.08. The summed E-state index contributed by atoms with van der Waals surface area (Å²) in [7, 11) is 2.51. The molecule has 0 bridgehead atoms. The molecule has 0 amide bonds. The van der Waals surface area contributed by atoms with Crippen molar-refractivity contribution in [3.63, 3.8) is 0 Å². The van der Waals surface area contributed by atoms with E-state index in [4.69, 9.17) is 9.47 Å². The molecule has 23 heavy (non-hydrogen) atoms. The zero-order valence-corrected chi connectivity index (χ0v) is 12.3. The van der Waals surface area contributed by atoms with Crippen LogP contribution in [-0.4, -0.2) is 25.3 Å². The Labute approximate surface area is 130 Å². The van der Waals surface area contributed by atoms with Gasteiger partial charge in [0.1, 0.15) is 11.5 Å². The van der Waals surface area contributed by atoms with Crippen LogP contribution in [0.2, 0.25) is 0 Å². The molecule has 7 heteroatoms. The van der Waals surface area contributed by atoms with Gasteiger partial charge in [-0.15, -0.1) is 0 Å². The second-order valence-electron chi connectivity index (χ2n) is 4.63. The van der Waals surface area contributed by atoms with E-state index in [1.54, 1.807) is 0 Å². The first-order valence-electron chi connectivity index (χ1n) is 6.45. The Morgan fingerprint density at radius 1 is 1.04 bits per heavy atom. The lowest BCUT2D eigenvalue weighted by Gasteiger charge is -2.15. The summed E-state index contributed by atoms with van der Waals surface area (Å²) < 4.78 is 48.9. The van der Waals surface area contributed by atoms with Crippen molar-refractivity contribution in [2.75, 3.05) is 14.2 Å². The van der Waals surface area contributed by atoms with E-state index in [-0.39, 0.29) is 22.4 Å². The Morgan fingerprint density at radius 2 is 1.74 bits per heavy atom. The number of carboxylic acids is 1. The van der Waals surface area contributed by atoms with Crippen LogP contribution in [0, 0.1) is 0 Å². The van der Waals surface area contributed by atoms with E-state index in [1.165, 1.54) is 31.4 Å². The summed E-state index contributed by atoms with van der Waals surface area (Å²) in [6.07, 6.45) is -4.61. The fourth-order valence-electron chi connectivity index (χ4n) is 2.18. The quantitative estimate of drug-likeness (QED) is 0.919. The molecular weight excluding hydrogens is 313 g/mol. The molecule has 0 saturated carbocycles. The lowest BCUT2D eigenvalue weighted by molar-refractivity contribution is -0.138. The normalized spacial score (nSPS) is 11.2. The minimum atomic E-state index is -4.61. The molecule has 0 radical (unpaired) electrons. The fraction of sp³-hybridized carbons (Fsp3) is 0.188. The number of hydrogen-bond donors (Lipinski definition) is 1. The molecule has 0 aromatic heterocycles. The van der Waals surface area contributed by atoms with E-state index in [0.29, 0.717) is 5.75 Å². The van der Waals surface area contributed by atoms with Crippen LogP contribution in [0.15, 0.2) is 36.4 Å². The van der Waals surface area contributed by atoms with Crippen LogP contribution in [-0.2, 0) is 6.18 Å². The molecule has 4 nitrogen and oxygen atoms in total. The Kier molecular flexibility index (Phi) is 4.49. The van der Waals surface area contributed by atoms with Crippen LogP contribution in [0.4, 0.5) is 13.2 Å². The van der Waals surface area contributed by atoms with Crippen molar-refractivity contribution in [1.82, 2.24) is 0 Å². The molecule has 2 rings (SSSR count). The van der Waals surface area contributed by atoms with Gasteiger partial charge in [-0.05, 0) is 41.5 Å². The molecule has 2 aromatic rings. The van der Waals surface area contributed by atoms with Gasteiger partial charge in [0.25, 0.3) is 0 Å². The Balaban J connectivity index is 2.65. The third kappa shape index (κ3) is 3.39. The van der Waals surface area contributed by atoms with Gasteiger partial charge in [0.2, 0.25) is 0 Å². The number of benzene rings is 2. The lowest BCUT2D eigenvalue weighted by atomic mass is 9.97. The average Bonchev–Trinajstić information content (AvgIpc) is 2.52. The number of rotatable bonds is 4. The van der Waals surface area contributed by atoms with Crippen molar-refractivity contribution in [3.8, 4) is 22.6 Å². The maximum atomic E-state index is 13.1. The standard InChI is InChI=1S/C16H13F3O4/c1-22-10-4-5-11(12(8-10)15(20)21)9-3-6-14(23-2)13(7-9)16(17,18)19/h3-8H,1-2H3,(H,20,21). The summed E-state index contributed by atoms with van der Waals surface area (Å²) in [5, 5.41) is 9.27. The minimum Gasteiger partial charge on any atom is -0.497 e. The molecule has 2 aromatic carbocycles. The molecule has 0 spiro atoms. The highest BCUT2D eigenvalue weighted by Crippen LogP contribution is 2.39. The third-order valence-electron chi connectivity index (χ3n) is 3.27. The Hall–Kier alpha value is -2.70. The number of carbonyl (C=O) groups is 1. The second kappa shape index (κ2) is 6.20. The molecule has 0 unspecified atom stereocenters. The number of alkyl halides is 3. The molecule has 0 heterocycles. The number of halogens is 3. The monoisotopic (exact) mass is 326 g/mol. The molecule has 1 N–H and O–H groups in total. The zero-order chi connectivity index (χ0) is 17.2. The molecule has 0 saturated heterocycles. The molecule has 0 atom stereocenters. The maximum Gasteiger partial charge on any atom is 0.419 e. The first-order valence-corrected chi connectivity index (χ1v) is 6.45. The molecular formula is C16H13F3O4. The van der Waals surface area contributed by atoms with Gasteiger partial charge in [0, 0.05) is 0 Å². The van der Waals surface area contributed by atoms with E-state index >= 15 is 0 Å². The highest BCUT2D eigenvalue weighted by molar-refractivity contribution is 5.96. The summed E-state index contributed by atoms with van der Waals surface area (Å²) in [4.78, 5) is 11.4. The predicted octanol–water partition coefficient (Wildman–Crippen LogP) is 4.09. The van der Waals surface area contributed by atoms with Crippen LogP contribution in [0.1, 0.15) is 15.9 Å². The summed E-state index contributed by atoms with van der Waals surface area (Å²) in [5.41, 5.74) is -0.836. The Bertz CT molecular complexity index is 739. The topological polar surface area (TPSA) is 55.8 Å². The Morgan fingerprint density at radius 3 is 2.26 bits per heavy atom. The van der Waals surface area contributed by atoms with Crippen LogP contribution in [0.3, 0.4) is 0 Å². The first kappa shape index (κ1) is 16.7. The van der Waals surface area contributed by atoms with Crippen LogP contribution in [0.5, 0.6) is 11.5 Å². The average molecular weight is 326 g/mol. The minimum absolute atomic E-state index is 0.123. The van der Waals surface area contributed by atoms with E-state index < -0.39 is 17.7 Å². The smallest absolute Gasteiger partial charge is 0.419 e. The van der Waals surface area contributed by atoms with Gasteiger partial charge >= 0.3 is 12.1 Å². The van der Waals surface area contributed by atoms with Crippen molar-refractivity contribution in [1.29, 1.82) is 0 Å². The molecule has 0 aliphatic rings. The molecule has 0 aliphatic carbocycles. The predicted molar refractivity (Wildman–Crippen MR) is 76.9 cm³/mol. The van der Waals surface area contributed by atoms with Gasteiger partial charge in [-0.2, -0.15) is 13.2 Å². The van der Waals surface area contributed by atoms with Gasteiger partial charge in [0.05, 0.1) is 25.3 Å². The van der Waals surface area contributed by atoms with E-state index in [9.17, 15) is 23.1 Å². The summed E-state index contributed by atoms with van der Waals surface area (Å²) in [6, 6.07) is 7.56. The van der Waals surface area contributed by atoms with Crippen LogP contribution in [0.25, 0.3) is 11.1 Å². The summed E-state index contributed by atoms with van der Waals surface area (Å²) in [6.45, 7) is 0. The van der Waals surface area contributed by atoms with Crippen LogP contribution < -0.4 is 9.47 Å². The first-order chi connectivity index (χ1) is 10.8. The zero-order valence-electron chi connectivity index (χ0n) is 12.3. The van der Waals surface area contributed by atoms with Gasteiger partial charge in [-0.3, -0.25) is 0 Å². The van der Waals surface area contributed by atoms with E-state index in [2.05, 4.69) is 0 Å². The van der Waals surface area contributed by atoms with Crippen molar-refractivity contribution < 1.29 is 32.5 Å². The van der Waals surface area contributed by atoms with Crippen molar-refractivity contribution >= 4 is 5.97 Å². The summed E-state index contributed by atoms with van der Waals surface area (Å²) in [5.74, 6) is -1.29. The molecule has 122 valence electrons. The van der Waals surface area contributed by atoms with Crippen LogP contribution >= 0.6 is 0 Å². The molecule has 0 fully saturated rings. The fourth-order valence-corrected chi connectivity index (χ4v) is 2.18. The maximum absolute atomic E-state index is 13.1. The van der Waals surface area contributed by atoms with Gasteiger partial charge < -0.3 is 14.6 Å². The summed E-state index contributed by atoms with van der Waals surface area (Å²) >= 11 is 0. The largest absolute Gasteiger partial charge is 0.497 e. The highest BCUT2D eigenvalue weighted by Gasteiger charge is 2.34. The van der Waals surface area contributed by atoms with Gasteiger partial charge in [0.15, 0.2) is 0 Å². The SMILES string of the molecule is COc1ccc(-c2ccc(OC)c(C(F)(F)F)c2)c(C(=O)O)c1. The number of carboxylic acid groups (broad SMARTS) is 1. The number of hydrogen-bond acceptors (Lipinski definition) is 3.